The molecule has 2 aliphatic heterocycles. The number of amides is 1. The third-order valence-corrected chi connectivity index (χ3v) is 6.08. The largest absolute Gasteiger partial charge is 0.332 e. The van der Waals surface area contributed by atoms with Gasteiger partial charge in [-0.25, -0.2) is 0 Å². The van der Waals surface area contributed by atoms with Gasteiger partial charge in [0.25, 0.3) is 0 Å². The molecule has 2 heterocycles. The summed E-state index contributed by atoms with van der Waals surface area (Å²) in [4.78, 5) is 15.9. The number of hydrogen-bond acceptors (Lipinski definition) is 2. The first-order valence-corrected chi connectivity index (χ1v) is 8.27. The molecule has 2 bridgehead atoms. The average Bonchev–Trinajstić information content (AvgIpc) is 3.17. The molecule has 3 nitrogen and oxygen atoms in total. The molecule has 4 rings (SSSR count). The lowest BCUT2D eigenvalue weighted by molar-refractivity contribution is -0.127. The van der Waals surface area contributed by atoms with Gasteiger partial charge in [0, 0.05) is 26.1 Å². The van der Waals surface area contributed by atoms with Gasteiger partial charge in [0.1, 0.15) is 0 Å². The highest BCUT2D eigenvalue weighted by Gasteiger charge is 2.51. The van der Waals surface area contributed by atoms with Crippen LogP contribution >= 0.6 is 0 Å². The van der Waals surface area contributed by atoms with Gasteiger partial charge in [-0.3, -0.25) is 9.69 Å². The number of carbonyl (C=O) groups is 1. The first kappa shape index (κ1) is 12.7. The van der Waals surface area contributed by atoms with Gasteiger partial charge in [0.15, 0.2) is 0 Å². The van der Waals surface area contributed by atoms with Gasteiger partial charge in [-0.15, -0.1) is 0 Å². The molecule has 0 spiro atoms. The normalized spacial score (nSPS) is 39.2. The van der Waals surface area contributed by atoms with E-state index in [4.69, 9.17) is 0 Å². The summed E-state index contributed by atoms with van der Waals surface area (Å²) in [5, 5.41) is 0. The van der Waals surface area contributed by atoms with E-state index in [2.05, 4.69) is 16.7 Å². The molecular formula is C17H24N2O. The van der Waals surface area contributed by atoms with Crippen LogP contribution in [-0.4, -0.2) is 48.4 Å². The van der Waals surface area contributed by atoms with Crippen molar-refractivity contribution < 1.29 is 4.79 Å². The fraction of sp³-hybridized carbons (Fsp3) is 0.824. The molecule has 4 unspecified atom stereocenters. The zero-order valence-electron chi connectivity index (χ0n) is 12.2. The molecule has 3 heteroatoms. The smallest absolute Gasteiger partial charge is 0.223 e. The van der Waals surface area contributed by atoms with E-state index >= 15 is 0 Å². The molecule has 4 atom stereocenters. The minimum Gasteiger partial charge on any atom is -0.332 e. The molecule has 0 radical (unpaired) electrons. The first-order valence-electron chi connectivity index (χ1n) is 8.27. The van der Waals surface area contributed by atoms with Gasteiger partial charge in [0.2, 0.25) is 5.91 Å². The minimum atomic E-state index is 0.284. The third kappa shape index (κ3) is 2.15. The van der Waals surface area contributed by atoms with E-state index in [9.17, 15) is 4.79 Å². The summed E-state index contributed by atoms with van der Waals surface area (Å²) in [5.74, 6) is 10.8. The molecule has 4 fully saturated rings. The Labute approximate surface area is 121 Å². The second kappa shape index (κ2) is 5.07. The van der Waals surface area contributed by atoms with Crippen LogP contribution in [0.5, 0.6) is 0 Å². The Morgan fingerprint density at radius 3 is 2.40 bits per heavy atom. The SMILES string of the molecule is O=C1CCCN1CC#CCN1CC2C3CCC(C3)C2C1. The molecule has 0 aromatic rings. The average molecular weight is 272 g/mol. The van der Waals surface area contributed by atoms with Crippen LogP contribution in [0.3, 0.4) is 0 Å². The summed E-state index contributed by atoms with van der Waals surface area (Å²) < 4.78 is 0. The number of likely N-dealkylation sites (tertiary alicyclic amines) is 2. The molecule has 0 aromatic heterocycles. The molecule has 0 aromatic carbocycles. The minimum absolute atomic E-state index is 0.284. The molecule has 2 aliphatic carbocycles. The summed E-state index contributed by atoms with van der Waals surface area (Å²) in [5.41, 5.74) is 0. The predicted octanol–water partition coefficient (Wildman–Crippen LogP) is 1.59. The fourth-order valence-corrected chi connectivity index (χ4v) is 5.09. The molecular weight excluding hydrogens is 248 g/mol. The molecule has 108 valence electrons. The van der Waals surface area contributed by atoms with Gasteiger partial charge >= 0.3 is 0 Å². The van der Waals surface area contributed by atoms with E-state index in [1.165, 1.54) is 32.4 Å². The lowest BCUT2D eigenvalue weighted by Gasteiger charge is -2.22. The molecule has 2 saturated heterocycles. The van der Waals surface area contributed by atoms with Gasteiger partial charge < -0.3 is 4.90 Å². The highest BCUT2D eigenvalue weighted by Crippen LogP contribution is 2.54. The monoisotopic (exact) mass is 272 g/mol. The van der Waals surface area contributed by atoms with Crippen molar-refractivity contribution in [2.24, 2.45) is 23.7 Å². The number of fused-ring (bicyclic) bond motifs is 5. The Kier molecular flexibility index (Phi) is 3.22. The topological polar surface area (TPSA) is 23.6 Å². The second-order valence-corrected chi connectivity index (χ2v) is 7.13. The van der Waals surface area contributed by atoms with Gasteiger partial charge in [-0.05, 0) is 49.4 Å². The van der Waals surface area contributed by atoms with Crippen molar-refractivity contribution in [1.82, 2.24) is 9.80 Å². The lowest BCUT2D eigenvalue weighted by atomic mass is 9.82. The molecule has 20 heavy (non-hydrogen) atoms. The zero-order chi connectivity index (χ0) is 13.5. The van der Waals surface area contributed by atoms with Crippen LogP contribution in [0.1, 0.15) is 32.1 Å². The van der Waals surface area contributed by atoms with Crippen molar-refractivity contribution >= 4 is 5.91 Å². The summed E-state index contributed by atoms with van der Waals surface area (Å²) in [6.45, 7) is 5.02. The Bertz CT molecular complexity index is 445. The van der Waals surface area contributed by atoms with Crippen LogP contribution < -0.4 is 0 Å². The lowest BCUT2D eigenvalue weighted by Crippen LogP contribution is -2.25. The van der Waals surface area contributed by atoms with E-state index in [0.29, 0.717) is 6.54 Å². The fourth-order valence-electron chi connectivity index (χ4n) is 5.09. The van der Waals surface area contributed by atoms with E-state index in [1.807, 2.05) is 4.90 Å². The van der Waals surface area contributed by atoms with E-state index in [-0.39, 0.29) is 5.91 Å². The number of carbonyl (C=O) groups excluding carboxylic acids is 1. The molecule has 4 aliphatic rings. The van der Waals surface area contributed by atoms with Gasteiger partial charge in [-0.2, -0.15) is 0 Å². The Hall–Kier alpha value is -1.01. The van der Waals surface area contributed by atoms with Crippen LogP contribution in [0.25, 0.3) is 0 Å². The summed E-state index contributed by atoms with van der Waals surface area (Å²) in [7, 11) is 0. The summed E-state index contributed by atoms with van der Waals surface area (Å²) >= 11 is 0. The predicted molar refractivity (Wildman–Crippen MR) is 77.8 cm³/mol. The van der Waals surface area contributed by atoms with Crippen LogP contribution in [0, 0.1) is 35.5 Å². The Morgan fingerprint density at radius 1 is 1.05 bits per heavy atom. The van der Waals surface area contributed by atoms with Crippen LogP contribution in [0.4, 0.5) is 0 Å². The number of hydrogen-bond donors (Lipinski definition) is 0. The highest BCUT2D eigenvalue weighted by molar-refractivity contribution is 5.78. The zero-order valence-corrected chi connectivity index (χ0v) is 12.2. The Balaban J connectivity index is 1.26. The van der Waals surface area contributed by atoms with Gasteiger partial charge in [-0.1, -0.05) is 11.8 Å². The van der Waals surface area contributed by atoms with E-state index < -0.39 is 0 Å². The highest BCUT2D eigenvalue weighted by atomic mass is 16.2. The van der Waals surface area contributed by atoms with Crippen molar-refractivity contribution in [2.75, 3.05) is 32.7 Å². The molecule has 2 saturated carbocycles. The van der Waals surface area contributed by atoms with Crippen LogP contribution in [0.15, 0.2) is 0 Å². The summed E-state index contributed by atoms with van der Waals surface area (Å²) in [6, 6.07) is 0. The van der Waals surface area contributed by atoms with Gasteiger partial charge in [0.05, 0.1) is 13.1 Å². The number of rotatable bonds is 2. The Morgan fingerprint density at radius 2 is 1.75 bits per heavy atom. The van der Waals surface area contributed by atoms with E-state index in [0.717, 1.165) is 49.6 Å². The van der Waals surface area contributed by atoms with Crippen LogP contribution in [0.2, 0.25) is 0 Å². The second-order valence-electron chi connectivity index (χ2n) is 7.13. The maximum absolute atomic E-state index is 11.5. The maximum atomic E-state index is 11.5. The number of nitrogens with zero attached hydrogens (tertiary/aromatic N) is 2. The summed E-state index contributed by atoms with van der Waals surface area (Å²) in [6.07, 6.45) is 6.23. The molecule has 1 amide bonds. The standard InChI is InChI=1S/C17H24N2O/c20-17-4-3-9-19(17)8-2-1-7-18-11-15-13-5-6-14(10-13)16(15)12-18/h13-16H,3-12H2. The molecule has 0 N–H and O–H groups in total. The van der Waals surface area contributed by atoms with Crippen molar-refractivity contribution in [1.29, 1.82) is 0 Å². The van der Waals surface area contributed by atoms with Crippen molar-refractivity contribution in [3.05, 3.63) is 0 Å². The maximum Gasteiger partial charge on any atom is 0.223 e. The van der Waals surface area contributed by atoms with Crippen molar-refractivity contribution in [2.45, 2.75) is 32.1 Å². The quantitative estimate of drug-likeness (QED) is 0.713. The van der Waals surface area contributed by atoms with Crippen molar-refractivity contribution in [3.8, 4) is 11.8 Å². The third-order valence-electron chi connectivity index (χ3n) is 6.08. The van der Waals surface area contributed by atoms with Crippen LogP contribution in [-0.2, 0) is 4.79 Å². The van der Waals surface area contributed by atoms with Crippen molar-refractivity contribution in [3.63, 3.8) is 0 Å². The first-order chi connectivity index (χ1) is 9.81. The van der Waals surface area contributed by atoms with E-state index in [1.54, 1.807) is 0 Å².